The van der Waals surface area contributed by atoms with E-state index in [9.17, 15) is 0 Å². The van der Waals surface area contributed by atoms with Crippen molar-refractivity contribution in [2.24, 2.45) is 0 Å². The van der Waals surface area contributed by atoms with Gasteiger partial charge in [-0.15, -0.1) is 0 Å². The molecule has 0 aliphatic carbocycles. The van der Waals surface area contributed by atoms with Crippen molar-refractivity contribution < 1.29 is 4.74 Å². The highest BCUT2D eigenvalue weighted by Gasteiger charge is 2.24. The normalized spacial score (nSPS) is 20.6. The molecule has 6 heteroatoms. The van der Waals surface area contributed by atoms with E-state index in [2.05, 4.69) is 28.0 Å². The minimum Gasteiger partial charge on any atom is -0.487 e. The number of rotatable bonds is 4. The highest BCUT2D eigenvalue weighted by atomic mass is 32.2. The molecule has 1 saturated heterocycles. The summed E-state index contributed by atoms with van der Waals surface area (Å²) in [4.78, 5) is 2.36. The molecule has 1 unspecified atom stereocenters. The number of nitrogens with zero attached hydrogens (tertiary/aromatic N) is 2. The predicted octanol–water partition coefficient (Wildman–Crippen LogP) is 2.46. The molecule has 2 rings (SSSR count). The summed E-state index contributed by atoms with van der Waals surface area (Å²) in [7, 11) is 0. The van der Waals surface area contributed by atoms with Crippen molar-refractivity contribution >= 4 is 34.1 Å². The van der Waals surface area contributed by atoms with Gasteiger partial charge in [0, 0.05) is 24.1 Å². The summed E-state index contributed by atoms with van der Waals surface area (Å²) < 4.78 is 9.81. The molecule has 0 spiro atoms. The van der Waals surface area contributed by atoms with Crippen LogP contribution in [-0.2, 0) is 0 Å². The van der Waals surface area contributed by atoms with E-state index in [1.165, 1.54) is 23.7 Å². The third kappa shape index (κ3) is 2.80. The second kappa shape index (κ2) is 5.82. The molecule has 0 amide bonds. The molecule has 96 valence electrons. The third-order valence-corrected chi connectivity index (χ3v) is 5.10. The Hall–Kier alpha value is -0.620. The van der Waals surface area contributed by atoms with Crippen LogP contribution in [0.2, 0.25) is 0 Å². The molecule has 2 N–H and O–H groups in total. The Morgan fingerprint density at radius 3 is 3.06 bits per heavy atom. The maximum atomic E-state index is 5.84. The Morgan fingerprint density at radius 1 is 1.53 bits per heavy atom. The van der Waals surface area contributed by atoms with Crippen molar-refractivity contribution in [2.45, 2.75) is 25.5 Å². The lowest BCUT2D eigenvalue weighted by molar-refractivity contribution is 0.343. The fourth-order valence-electron chi connectivity index (χ4n) is 1.92. The lowest BCUT2D eigenvalue weighted by Crippen LogP contribution is -2.37. The molecule has 1 fully saturated rings. The Morgan fingerprint density at radius 2 is 2.35 bits per heavy atom. The second-order valence-corrected chi connectivity index (χ2v) is 6.14. The monoisotopic (exact) mass is 273 g/mol. The summed E-state index contributed by atoms with van der Waals surface area (Å²) >= 11 is 3.51. The van der Waals surface area contributed by atoms with Crippen LogP contribution in [0.5, 0.6) is 5.75 Å². The van der Waals surface area contributed by atoms with Gasteiger partial charge in [0.2, 0.25) is 0 Å². The zero-order valence-electron chi connectivity index (χ0n) is 10.3. The Kier molecular flexibility index (Phi) is 4.39. The first-order valence-corrected chi connectivity index (χ1v) is 7.83. The highest BCUT2D eigenvalue weighted by molar-refractivity contribution is 8.00. The molecular weight excluding hydrogens is 254 g/mol. The summed E-state index contributed by atoms with van der Waals surface area (Å²) in [5.74, 6) is 2.47. The number of nitrogens with two attached hydrogens (primary N) is 1. The highest BCUT2D eigenvalue weighted by Crippen LogP contribution is 2.40. The summed E-state index contributed by atoms with van der Waals surface area (Å²) in [6.45, 7) is 6.98. The summed E-state index contributed by atoms with van der Waals surface area (Å²) in [6, 6.07) is 0. The van der Waals surface area contributed by atoms with Gasteiger partial charge in [-0.3, -0.25) is 0 Å². The maximum absolute atomic E-state index is 5.84. The Labute approximate surface area is 111 Å². The van der Waals surface area contributed by atoms with Gasteiger partial charge < -0.3 is 15.4 Å². The van der Waals surface area contributed by atoms with Crippen molar-refractivity contribution in [3.63, 3.8) is 0 Å². The topological polar surface area (TPSA) is 51.4 Å². The lowest BCUT2D eigenvalue weighted by Gasteiger charge is -2.32. The van der Waals surface area contributed by atoms with Gasteiger partial charge in [-0.2, -0.15) is 16.1 Å². The van der Waals surface area contributed by atoms with E-state index in [0.717, 1.165) is 23.8 Å². The quantitative estimate of drug-likeness (QED) is 0.913. The van der Waals surface area contributed by atoms with Gasteiger partial charge in [0.25, 0.3) is 0 Å². The van der Waals surface area contributed by atoms with Crippen LogP contribution < -0.4 is 15.4 Å². The van der Waals surface area contributed by atoms with E-state index in [4.69, 9.17) is 10.5 Å². The van der Waals surface area contributed by atoms with Crippen LogP contribution >= 0.6 is 23.3 Å². The van der Waals surface area contributed by atoms with Gasteiger partial charge in [0.05, 0.1) is 6.61 Å². The number of aromatic nitrogens is 1. The SMILES string of the molecule is CCOc1c(N)nsc1N1CCSC(CC)C1. The molecule has 0 saturated carbocycles. The van der Waals surface area contributed by atoms with E-state index >= 15 is 0 Å². The minimum atomic E-state index is 0.526. The molecule has 1 aromatic heterocycles. The standard InChI is InChI=1S/C11H19N3OS2/c1-3-8-7-14(5-6-16-8)11-9(15-4-2)10(12)13-17-11/h8H,3-7H2,1-2H3,(H2,12,13). The zero-order valence-corrected chi connectivity index (χ0v) is 11.9. The van der Waals surface area contributed by atoms with Gasteiger partial charge in [-0.1, -0.05) is 6.92 Å². The van der Waals surface area contributed by atoms with Gasteiger partial charge in [-0.25, -0.2) is 0 Å². The maximum Gasteiger partial charge on any atom is 0.197 e. The number of anilines is 2. The average molecular weight is 273 g/mol. The Bertz CT molecular complexity index is 370. The summed E-state index contributed by atoms with van der Waals surface area (Å²) in [5.41, 5.74) is 5.84. The Balaban J connectivity index is 2.15. The van der Waals surface area contributed by atoms with Crippen LogP contribution in [0.1, 0.15) is 20.3 Å². The minimum absolute atomic E-state index is 0.526. The van der Waals surface area contributed by atoms with Crippen LogP contribution in [0.4, 0.5) is 10.8 Å². The fourth-order valence-corrected chi connectivity index (χ4v) is 3.89. The molecule has 4 nitrogen and oxygen atoms in total. The van der Waals surface area contributed by atoms with E-state index < -0.39 is 0 Å². The van der Waals surface area contributed by atoms with E-state index in [0.29, 0.717) is 17.7 Å². The van der Waals surface area contributed by atoms with Gasteiger partial charge in [-0.05, 0) is 24.9 Å². The number of thioether (sulfide) groups is 1. The summed E-state index contributed by atoms with van der Waals surface area (Å²) in [6.07, 6.45) is 1.21. The molecule has 0 bridgehead atoms. The number of ether oxygens (including phenoxy) is 1. The first-order valence-electron chi connectivity index (χ1n) is 6.00. The number of nitrogen functional groups attached to an aromatic ring is 1. The predicted molar refractivity (Wildman–Crippen MR) is 76.4 cm³/mol. The fraction of sp³-hybridized carbons (Fsp3) is 0.727. The molecule has 1 aliphatic heterocycles. The second-order valence-electron chi connectivity index (χ2n) is 3.98. The molecule has 1 aromatic rings. The zero-order chi connectivity index (χ0) is 12.3. The molecule has 0 aromatic carbocycles. The van der Waals surface area contributed by atoms with Crippen molar-refractivity contribution in [2.75, 3.05) is 36.1 Å². The van der Waals surface area contributed by atoms with Gasteiger partial charge in [0.15, 0.2) is 16.6 Å². The molecular formula is C11H19N3OS2. The van der Waals surface area contributed by atoms with Crippen LogP contribution in [0, 0.1) is 0 Å². The smallest absolute Gasteiger partial charge is 0.197 e. The molecule has 17 heavy (non-hydrogen) atoms. The van der Waals surface area contributed by atoms with E-state index in [1.54, 1.807) is 0 Å². The third-order valence-electron chi connectivity index (χ3n) is 2.83. The van der Waals surface area contributed by atoms with E-state index in [-0.39, 0.29) is 0 Å². The van der Waals surface area contributed by atoms with Crippen LogP contribution in [-0.4, -0.2) is 35.1 Å². The molecule has 0 radical (unpaired) electrons. The average Bonchev–Trinajstić information content (AvgIpc) is 2.72. The van der Waals surface area contributed by atoms with Gasteiger partial charge >= 0.3 is 0 Å². The van der Waals surface area contributed by atoms with Crippen molar-refractivity contribution in [1.29, 1.82) is 0 Å². The first-order chi connectivity index (χ1) is 8.26. The molecule has 2 heterocycles. The van der Waals surface area contributed by atoms with Crippen molar-refractivity contribution in [3.05, 3.63) is 0 Å². The number of hydrogen-bond donors (Lipinski definition) is 1. The van der Waals surface area contributed by atoms with E-state index in [1.807, 2.05) is 6.92 Å². The number of hydrogen-bond acceptors (Lipinski definition) is 6. The van der Waals surface area contributed by atoms with Crippen LogP contribution in [0.25, 0.3) is 0 Å². The van der Waals surface area contributed by atoms with Gasteiger partial charge in [0.1, 0.15) is 0 Å². The van der Waals surface area contributed by atoms with Crippen molar-refractivity contribution in [1.82, 2.24) is 4.37 Å². The van der Waals surface area contributed by atoms with Crippen LogP contribution in [0.15, 0.2) is 0 Å². The molecule has 1 aliphatic rings. The molecule has 1 atom stereocenters. The first kappa shape index (κ1) is 12.8. The lowest BCUT2D eigenvalue weighted by atomic mass is 10.3. The summed E-state index contributed by atoms with van der Waals surface area (Å²) in [5, 5.41) is 1.81. The van der Waals surface area contributed by atoms with Crippen molar-refractivity contribution in [3.8, 4) is 5.75 Å². The largest absolute Gasteiger partial charge is 0.487 e. The van der Waals surface area contributed by atoms with Crippen LogP contribution in [0.3, 0.4) is 0 Å².